The Kier molecular flexibility index (Phi) is 5.57. The second kappa shape index (κ2) is 7.20. The Morgan fingerprint density at radius 3 is 2.65 bits per heavy atom. The van der Waals surface area contributed by atoms with Crippen LogP contribution in [0.4, 0.5) is 10.1 Å². The predicted molar refractivity (Wildman–Crippen MR) is 86.3 cm³/mol. The van der Waals surface area contributed by atoms with Crippen molar-refractivity contribution in [1.29, 1.82) is 0 Å². The molecule has 20 heavy (non-hydrogen) atoms. The van der Waals surface area contributed by atoms with E-state index in [1.807, 2.05) is 18.2 Å². The van der Waals surface area contributed by atoms with Gasteiger partial charge in [0.25, 0.3) is 0 Å². The van der Waals surface area contributed by atoms with Gasteiger partial charge < -0.3 is 10.1 Å². The summed E-state index contributed by atoms with van der Waals surface area (Å²) in [5.74, 6) is -0.247. The lowest BCUT2D eigenvalue weighted by molar-refractivity contribution is 0.185. The Labute approximate surface area is 134 Å². The molecule has 2 aromatic rings. The highest BCUT2D eigenvalue weighted by molar-refractivity contribution is 9.10. The number of hydrogen-bond donors (Lipinski definition) is 1. The van der Waals surface area contributed by atoms with Crippen LogP contribution in [0, 0.1) is 5.82 Å². The Hall–Kier alpha value is -0.910. The monoisotopic (exact) mass is 401 g/mol. The molecule has 0 aliphatic carbocycles. The van der Waals surface area contributed by atoms with Crippen LogP contribution in [0.1, 0.15) is 11.1 Å². The smallest absolute Gasteiger partial charge is 0.124 e. The van der Waals surface area contributed by atoms with Crippen molar-refractivity contribution in [3.63, 3.8) is 0 Å². The molecule has 2 nitrogen and oxygen atoms in total. The third-order valence-corrected chi connectivity index (χ3v) is 4.37. The van der Waals surface area contributed by atoms with Gasteiger partial charge in [-0.2, -0.15) is 0 Å². The average molecular weight is 403 g/mol. The maximum absolute atomic E-state index is 13.1. The van der Waals surface area contributed by atoms with E-state index in [4.69, 9.17) is 4.74 Å². The molecule has 0 saturated heterocycles. The van der Waals surface area contributed by atoms with Crippen LogP contribution in [0.15, 0.2) is 45.3 Å². The molecule has 0 amide bonds. The van der Waals surface area contributed by atoms with Crippen LogP contribution in [-0.2, 0) is 17.9 Å². The highest BCUT2D eigenvalue weighted by Crippen LogP contribution is 2.27. The van der Waals surface area contributed by atoms with E-state index in [0.29, 0.717) is 13.2 Å². The highest BCUT2D eigenvalue weighted by Gasteiger charge is 2.07. The summed E-state index contributed by atoms with van der Waals surface area (Å²) in [7, 11) is 1.67. The molecule has 0 heterocycles. The maximum Gasteiger partial charge on any atom is 0.124 e. The lowest BCUT2D eigenvalue weighted by Crippen LogP contribution is -2.04. The average Bonchev–Trinajstić information content (AvgIpc) is 2.41. The van der Waals surface area contributed by atoms with Crippen molar-refractivity contribution in [2.75, 3.05) is 12.4 Å². The number of rotatable bonds is 5. The number of anilines is 1. The standard InChI is InChI=1S/C15H14Br2FNO/c1-20-9-12-13(16)3-2-4-15(12)19-8-10-5-6-11(18)7-14(10)17/h2-7,19H,8-9H2,1H3. The first-order valence-corrected chi connectivity index (χ1v) is 7.64. The molecule has 0 aliphatic heterocycles. The first kappa shape index (κ1) is 15.5. The molecule has 0 spiro atoms. The summed E-state index contributed by atoms with van der Waals surface area (Å²) < 4.78 is 20.0. The van der Waals surface area contributed by atoms with Crippen molar-refractivity contribution in [2.45, 2.75) is 13.2 Å². The van der Waals surface area contributed by atoms with Crippen molar-refractivity contribution in [3.05, 3.63) is 62.3 Å². The molecule has 2 rings (SSSR count). The minimum absolute atomic E-state index is 0.247. The molecule has 0 atom stereocenters. The molecular weight excluding hydrogens is 389 g/mol. The number of halogens is 3. The van der Waals surface area contributed by atoms with Gasteiger partial charge in [0.2, 0.25) is 0 Å². The van der Waals surface area contributed by atoms with Crippen LogP contribution in [0.5, 0.6) is 0 Å². The summed E-state index contributed by atoms with van der Waals surface area (Å²) in [4.78, 5) is 0. The van der Waals surface area contributed by atoms with E-state index in [-0.39, 0.29) is 5.82 Å². The third-order valence-electron chi connectivity index (χ3n) is 2.89. The summed E-state index contributed by atoms with van der Waals surface area (Å²) in [5, 5.41) is 3.35. The fourth-order valence-corrected chi connectivity index (χ4v) is 2.84. The van der Waals surface area contributed by atoms with Gasteiger partial charge in [0, 0.05) is 33.9 Å². The topological polar surface area (TPSA) is 21.3 Å². The Bertz CT molecular complexity index is 604. The molecule has 0 aliphatic rings. The van der Waals surface area contributed by atoms with Crippen molar-refractivity contribution in [1.82, 2.24) is 0 Å². The molecule has 0 aromatic heterocycles. The second-order valence-electron chi connectivity index (χ2n) is 4.29. The summed E-state index contributed by atoms with van der Waals surface area (Å²) in [6.07, 6.45) is 0. The fraction of sp³-hybridized carbons (Fsp3) is 0.200. The first-order chi connectivity index (χ1) is 9.61. The summed E-state index contributed by atoms with van der Waals surface area (Å²) in [5.41, 5.74) is 3.06. The molecule has 0 saturated carbocycles. The van der Waals surface area contributed by atoms with Crippen LogP contribution < -0.4 is 5.32 Å². The summed E-state index contributed by atoms with van der Waals surface area (Å²) >= 11 is 6.89. The quantitative estimate of drug-likeness (QED) is 0.750. The summed E-state index contributed by atoms with van der Waals surface area (Å²) in [6, 6.07) is 10.6. The van der Waals surface area contributed by atoms with Crippen LogP contribution in [0.25, 0.3) is 0 Å². The predicted octanol–water partition coefficient (Wildman–Crippen LogP) is 5.11. The van der Waals surface area contributed by atoms with Gasteiger partial charge in [-0.3, -0.25) is 0 Å². The number of ether oxygens (including phenoxy) is 1. The lowest BCUT2D eigenvalue weighted by Gasteiger charge is -2.14. The van der Waals surface area contributed by atoms with E-state index in [1.54, 1.807) is 13.2 Å². The van der Waals surface area contributed by atoms with Crippen LogP contribution in [0.2, 0.25) is 0 Å². The molecular formula is C15H14Br2FNO. The summed E-state index contributed by atoms with van der Waals surface area (Å²) in [6.45, 7) is 1.13. The zero-order valence-electron chi connectivity index (χ0n) is 10.9. The zero-order valence-corrected chi connectivity index (χ0v) is 14.1. The molecule has 0 unspecified atom stereocenters. The molecule has 1 N–H and O–H groups in total. The van der Waals surface area contributed by atoms with Crippen molar-refractivity contribution < 1.29 is 9.13 Å². The van der Waals surface area contributed by atoms with E-state index in [0.717, 1.165) is 25.8 Å². The molecule has 0 radical (unpaired) electrons. The zero-order chi connectivity index (χ0) is 14.5. The molecule has 0 fully saturated rings. The van der Waals surface area contributed by atoms with Gasteiger partial charge in [-0.15, -0.1) is 0 Å². The fourth-order valence-electron chi connectivity index (χ4n) is 1.87. The van der Waals surface area contributed by atoms with Crippen LogP contribution in [-0.4, -0.2) is 7.11 Å². The number of nitrogens with one attached hydrogen (secondary N) is 1. The third kappa shape index (κ3) is 3.81. The second-order valence-corrected chi connectivity index (χ2v) is 6.00. The van der Waals surface area contributed by atoms with Gasteiger partial charge in [-0.05, 0) is 29.8 Å². The maximum atomic E-state index is 13.1. The van der Waals surface area contributed by atoms with E-state index in [1.165, 1.54) is 12.1 Å². The Morgan fingerprint density at radius 2 is 1.95 bits per heavy atom. The van der Waals surface area contributed by atoms with Crippen LogP contribution in [0.3, 0.4) is 0 Å². The number of benzene rings is 2. The Balaban J connectivity index is 2.16. The van der Waals surface area contributed by atoms with Gasteiger partial charge in [0.05, 0.1) is 6.61 Å². The van der Waals surface area contributed by atoms with Gasteiger partial charge >= 0.3 is 0 Å². The SMILES string of the molecule is COCc1c(Br)cccc1NCc1ccc(F)cc1Br. The van der Waals surface area contributed by atoms with Crippen molar-refractivity contribution in [3.8, 4) is 0 Å². The van der Waals surface area contributed by atoms with Gasteiger partial charge in [-0.25, -0.2) is 4.39 Å². The van der Waals surface area contributed by atoms with Crippen LogP contribution >= 0.6 is 31.9 Å². The minimum atomic E-state index is -0.247. The number of methoxy groups -OCH3 is 1. The lowest BCUT2D eigenvalue weighted by atomic mass is 10.1. The highest BCUT2D eigenvalue weighted by atomic mass is 79.9. The normalized spacial score (nSPS) is 10.6. The Morgan fingerprint density at radius 1 is 1.15 bits per heavy atom. The van der Waals surface area contributed by atoms with E-state index in [9.17, 15) is 4.39 Å². The van der Waals surface area contributed by atoms with Gasteiger partial charge in [0.15, 0.2) is 0 Å². The largest absolute Gasteiger partial charge is 0.381 e. The molecule has 0 bridgehead atoms. The van der Waals surface area contributed by atoms with Gasteiger partial charge in [-0.1, -0.05) is 44.0 Å². The molecule has 2 aromatic carbocycles. The first-order valence-electron chi connectivity index (χ1n) is 6.06. The molecule has 5 heteroatoms. The van der Waals surface area contributed by atoms with E-state index < -0.39 is 0 Å². The number of hydrogen-bond acceptors (Lipinski definition) is 2. The van der Waals surface area contributed by atoms with Crippen molar-refractivity contribution >= 4 is 37.5 Å². The minimum Gasteiger partial charge on any atom is -0.381 e. The van der Waals surface area contributed by atoms with E-state index in [2.05, 4.69) is 37.2 Å². The molecule has 106 valence electrons. The van der Waals surface area contributed by atoms with Crippen molar-refractivity contribution in [2.24, 2.45) is 0 Å². The van der Waals surface area contributed by atoms with E-state index >= 15 is 0 Å². The van der Waals surface area contributed by atoms with Gasteiger partial charge in [0.1, 0.15) is 5.82 Å².